The van der Waals surface area contributed by atoms with Crippen LogP contribution >= 0.6 is 0 Å². The van der Waals surface area contributed by atoms with Crippen molar-refractivity contribution in [3.05, 3.63) is 138 Å². The zero-order chi connectivity index (χ0) is 22.2. The van der Waals surface area contributed by atoms with E-state index in [1.165, 1.54) is 0 Å². The number of hydrogen-bond acceptors (Lipinski definition) is 4. The average Bonchev–Trinajstić information content (AvgIpc) is 3.53. The average molecular weight is 434 g/mol. The van der Waals surface area contributed by atoms with Crippen LogP contribution in [0.15, 0.2) is 118 Å². The Morgan fingerprint density at radius 2 is 1.36 bits per heavy atom. The minimum Gasteiger partial charge on any atom is -0.467 e. The molecule has 1 aliphatic rings. The standard InChI is InChI=1S/C29H23NO3/c1-20-25-26(28(32-20)21-12-5-2-6-13-21)27(24-18-11-19-31-24)30(23-16-9-4-10-17-23)33-29(25)22-14-7-3-8-15-22/h2-19,27,29H,1H3/t27-,29+/m0/s1. The summed E-state index contributed by atoms with van der Waals surface area (Å²) in [4.78, 5) is 6.76. The Kier molecular flexibility index (Phi) is 4.85. The maximum atomic E-state index is 6.76. The van der Waals surface area contributed by atoms with Crippen molar-refractivity contribution in [2.24, 2.45) is 0 Å². The molecule has 0 saturated carbocycles. The van der Waals surface area contributed by atoms with E-state index in [-0.39, 0.29) is 12.1 Å². The summed E-state index contributed by atoms with van der Waals surface area (Å²) in [5, 5.41) is 1.96. The summed E-state index contributed by atoms with van der Waals surface area (Å²) in [7, 11) is 0. The summed E-state index contributed by atoms with van der Waals surface area (Å²) in [6.45, 7) is 2.02. The molecule has 0 fully saturated rings. The van der Waals surface area contributed by atoms with Gasteiger partial charge in [0.25, 0.3) is 0 Å². The highest BCUT2D eigenvalue weighted by molar-refractivity contribution is 5.69. The molecule has 2 atom stereocenters. The first-order valence-electron chi connectivity index (χ1n) is 11.1. The summed E-state index contributed by atoms with van der Waals surface area (Å²) in [5.41, 5.74) is 5.16. The molecule has 0 radical (unpaired) electrons. The highest BCUT2D eigenvalue weighted by Gasteiger charge is 2.43. The number of furan rings is 2. The smallest absolute Gasteiger partial charge is 0.143 e. The number of benzene rings is 3. The quantitative estimate of drug-likeness (QED) is 0.294. The first-order chi connectivity index (χ1) is 16.3. The Morgan fingerprint density at radius 1 is 0.697 bits per heavy atom. The van der Waals surface area contributed by atoms with Crippen molar-refractivity contribution < 1.29 is 13.7 Å². The fraction of sp³-hybridized carbons (Fsp3) is 0.103. The van der Waals surface area contributed by atoms with E-state index in [4.69, 9.17) is 13.7 Å². The number of fused-ring (bicyclic) bond motifs is 1. The predicted molar refractivity (Wildman–Crippen MR) is 128 cm³/mol. The second kappa shape index (κ2) is 8.15. The lowest BCUT2D eigenvalue weighted by Gasteiger charge is -2.39. The van der Waals surface area contributed by atoms with Gasteiger partial charge in [-0.1, -0.05) is 78.9 Å². The third kappa shape index (κ3) is 3.36. The number of hydrogen-bond donors (Lipinski definition) is 0. The normalized spacial score (nSPS) is 17.7. The molecule has 6 rings (SSSR count). The Morgan fingerprint density at radius 3 is 2.03 bits per heavy atom. The fourth-order valence-corrected chi connectivity index (χ4v) is 4.67. The molecule has 0 N–H and O–H groups in total. The van der Waals surface area contributed by atoms with Crippen LogP contribution in [0.2, 0.25) is 0 Å². The zero-order valence-electron chi connectivity index (χ0n) is 18.2. The summed E-state index contributed by atoms with van der Waals surface area (Å²) < 4.78 is 12.4. The van der Waals surface area contributed by atoms with Gasteiger partial charge in [-0.15, -0.1) is 0 Å². The Balaban J connectivity index is 1.64. The molecule has 33 heavy (non-hydrogen) atoms. The van der Waals surface area contributed by atoms with Gasteiger partial charge in [-0.05, 0) is 36.8 Å². The molecule has 0 amide bonds. The summed E-state index contributed by atoms with van der Waals surface area (Å²) >= 11 is 0. The minimum atomic E-state index is -0.311. The number of para-hydroxylation sites is 1. The van der Waals surface area contributed by atoms with Gasteiger partial charge >= 0.3 is 0 Å². The van der Waals surface area contributed by atoms with Gasteiger partial charge in [0.15, 0.2) is 0 Å². The first kappa shape index (κ1) is 19.6. The highest BCUT2D eigenvalue weighted by atomic mass is 16.7. The van der Waals surface area contributed by atoms with Crippen molar-refractivity contribution in [3.63, 3.8) is 0 Å². The maximum Gasteiger partial charge on any atom is 0.143 e. The van der Waals surface area contributed by atoms with Crippen LogP contribution in [0, 0.1) is 6.92 Å². The minimum absolute atomic E-state index is 0.301. The van der Waals surface area contributed by atoms with Crippen molar-refractivity contribution >= 4 is 5.69 Å². The molecule has 0 spiro atoms. The largest absolute Gasteiger partial charge is 0.467 e. The van der Waals surface area contributed by atoms with E-state index in [1.54, 1.807) is 6.26 Å². The van der Waals surface area contributed by atoms with E-state index in [0.29, 0.717) is 0 Å². The Bertz CT molecular complexity index is 1340. The van der Waals surface area contributed by atoms with Crippen LogP contribution in [-0.4, -0.2) is 0 Å². The van der Waals surface area contributed by atoms with Crippen molar-refractivity contribution in [2.45, 2.75) is 19.1 Å². The third-order valence-electron chi connectivity index (χ3n) is 6.12. The molecule has 162 valence electrons. The van der Waals surface area contributed by atoms with Crippen molar-refractivity contribution in [3.8, 4) is 11.3 Å². The van der Waals surface area contributed by atoms with Crippen LogP contribution in [0.3, 0.4) is 0 Å². The van der Waals surface area contributed by atoms with Crippen LogP contribution in [-0.2, 0) is 4.84 Å². The van der Waals surface area contributed by atoms with E-state index in [1.807, 2.05) is 78.7 Å². The van der Waals surface area contributed by atoms with Gasteiger partial charge in [0.05, 0.1) is 12.0 Å². The van der Waals surface area contributed by atoms with Crippen molar-refractivity contribution in [2.75, 3.05) is 5.06 Å². The highest BCUT2D eigenvalue weighted by Crippen LogP contribution is 2.51. The van der Waals surface area contributed by atoms with Crippen molar-refractivity contribution in [1.29, 1.82) is 0 Å². The van der Waals surface area contributed by atoms with E-state index in [2.05, 4.69) is 36.4 Å². The second-order valence-corrected chi connectivity index (χ2v) is 8.16. The lowest BCUT2D eigenvalue weighted by molar-refractivity contribution is 0.0271. The SMILES string of the molecule is Cc1oc(-c2ccccc2)c2c1[C@@H](c1ccccc1)ON(c1ccccc1)[C@H]2c1ccco1. The van der Waals surface area contributed by atoms with E-state index in [0.717, 1.165) is 45.2 Å². The van der Waals surface area contributed by atoms with Gasteiger partial charge in [-0.25, -0.2) is 5.06 Å². The Labute approximate surface area is 192 Å². The van der Waals surface area contributed by atoms with Gasteiger partial charge in [0.1, 0.15) is 29.4 Å². The fourth-order valence-electron chi connectivity index (χ4n) is 4.67. The maximum absolute atomic E-state index is 6.76. The monoisotopic (exact) mass is 433 g/mol. The number of hydroxylamine groups is 1. The molecule has 3 aromatic carbocycles. The molecule has 5 aromatic rings. The van der Waals surface area contributed by atoms with Crippen LogP contribution in [0.25, 0.3) is 11.3 Å². The van der Waals surface area contributed by atoms with Gasteiger partial charge < -0.3 is 8.83 Å². The molecule has 3 heterocycles. The van der Waals surface area contributed by atoms with Gasteiger partial charge in [-0.2, -0.15) is 0 Å². The topological polar surface area (TPSA) is 38.8 Å². The molecule has 1 aliphatic heterocycles. The number of anilines is 1. The van der Waals surface area contributed by atoms with Crippen LogP contribution < -0.4 is 5.06 Å². The van der Waals surface area contributed by atoms with Crippen molar-refractivity contribution in [1.82, 2.24) is 0 Å². The van der Waals surface area contributed by atoms with Crippen LogP contribution in [0.4, 0.5) is 5.69 Å². The molecule has 0 unspecified atom stereocenters. The molecular weight excluding hydrogens is 410 g/mol. The van der Waals surface area contributed by atoms with E-state index < -0.39 is 0 Å². The molecule has 4 nitrogen and oxygen atoms in total. The first-order valence-corrected chi connectivity index (χ1v) is 11.1. The van der Waals surface area contributed by atoms with Gasteiger partial charge in [0.2, 0.25) is 0 Å². The lowest BCUT2D eigenvalue weighted by atomic mass is 9.89. The van der Waals surface area contributed by atoms with E-state index in [9.17, 15) is 0 Å². The van der Waals surface area contributed by atoms with Crippen LogP contribution in [0.5, 0.6) is 0 Å². The summed E-state index contributed by atoms with van der Waals surface area (Å²) in [6, 6.07) is 34.3. The Hall–Kier alpha value is -4.02. The van der Waals surface area contributed by atoms with Gasteiger partial charge in [0, 0.05) is 16.7 Å². The number of rotatable bonds is 4. The molecule has 4 heteroatoms. The molecular formula is C29H23NO3. The zero-order valence-corrected chi connectivity index (χ0v) is 18.2. The lowest BCUT2D eigenvalue weighted by Crippen LogP contribution is -2.37. The second-order valence-electron chi connectivity index (χ2n) is 8.16. The summed E-state index contributed by atoms with van der Waals surface area (Å²) in [5.74, 6) is 2.49. The van der Waals surface area contributed by atoms with Gasteiger partial charge in [-0.3, -0.25) is 4.84 Å². The molecule has 0 bridgehead atoms. The molecule has 2 aromatic heterocycles. The number of nitrogens with zero attached hydrogens (tertiary/aromatic N) is 1. The van der Waals surface area contributed by atoms with E-state index >= 15 is 0 Å². The molecule has 0 aliphatic carbocycles. The predicted octanol–water partition coefficient (Wildman–Crippen LogP) is 7.48. The number of aryl methyl sites for hydroxylation is 1. The summed E-state index contributed by atoms with van der Waals surface area (Å²) in [6.07, 6.45) is 1.39. The molecule has 0 saturated heterocycles. The van der Waals surface area contributed by atoms with Crippen LogP contribution in [0.1, 0.15) is 40.4 Å². The third-order valence-corrected chi connectivity index (χ3v) is 6.12.